The van der Waals surface area contributed by atoms with Gasteiger partial charge in [-0.05, 0) is 51.0 Å². The number of nitrogens with zero attached hydrogens (tertiary/aromatic N) is 2. The van der Waals surface area contributed by atoms with E-state index < -0.39 is 0 Å². The molecule has 0 aliphatic carbocycles. The minimum Gasteiger partial charge on any atom is -0.493 e. The molecule has 2 N–H and O–H groups in total. The van der Waals surface area contributed by atoms with Gasteiger partial charge in [0.15, 0.2) is 0 Å². The maximum atomic E-state index is 11.9. The van der Waals surface area contributed by atoms with Gasteiger partial charge in [0.2, 0.25) is 11.8 Å². The summed E-state index contributed by atoms with van der Waals surface area (Å²) in [5.74, 6) is 1.01. The van der Waals surface area contributed by atoms with Crippen LogP contribution in [0.5, 0.6) is 11.5 Å². The van der Waals surface area contributed by atoms with Crippen LogP contribution in [0.1, 0.15) is 50.7 Å². The Morgan fingerprint density at radius 3 is 1.56 bits per heavy atom. The summed E-state index contributed by atoms with van der Waals surface area (Å²) in [6, 6.07) is 14.9. The first-order valence-electron chi connectivity index (χ1n) is 10.7. The van der Waals surface area contributed by atoms with Crippen molar-refractivity contribution >= 4 is 24.2 Å². The van der Waals surface area contributed by atoms with Crippen molar-refractivity contribution in [1.29, 1.82) is 0 Å². The highest BCUT2D eigenvalue weighted by molar-refractivity contribution is 5.86. The summed E-state index contributed by atoms with van der Waals surface area (Å²) in [5, 5.41) is 7.95. The Kier molecular flexibility index (Phi) is 11.0. The molecule has 8 heteroatoms. The topological polar surface area (TPSA) is 101 Å². The van der Waals surface area contributed by atoms with Gasteiger partial charge < -0.3 is 9.47 Å². The molecular weight excluding hydrogens is 408 g/mol. The van der Waals surface area contributed by atoms with E-state index in [2.05, 4.69) is 21.1 Å². The SMILES string of the molecule is CCOc1ccccc1/C=N\NC(=O)CCCCC(=O)N/N=C/c1ccccc1OCC. The van der Waals surface area contributed by atoms with Gasteiger partial charge in [0.25, 0.3) is 0 Å². The predicted molar refractivity (Wildman–Crippen MR) is 125 cm³/mol. The lowest BCUT2D eigenvalue weighted by Crippen LogP contribution is -2.19. The number of para-hydroxylation sites is 2. The lowest BCUT2D eigenvalue weighted by atomic mass is 10.2. The molecule has 0 saturated carbocycles. The van der Waals surface area contributed by atoms with Gasteiger partial charge in [-0.3, -0.25) is 9.59 Å². The molecule has 0 saturated heterocycles. The molecule has 8 nitrogen and oxygen atoms in total. The van der Waals surface area contributed by atoms with Crippen LogP contribution in [0.3, 0.4) is 0 Å². The van der Waals surface area contributed by atoms with Crippen molar-refractivity contribution in [3.8, 4) is 11.5 Å². The highest BCUT2D eigenvalue weighted by Gasteiger charge is 2.04. The molecule has 0 atom stereocenters. The highest BCUT2D eigenvalue weighted by Crippen LogP contribution is 2.16. The van der Waals surface area contributed by atoms with Gasteiger partial charge in [-0.2, -0.15) is 10.2 Å². The van der Waals surface area contributed by atoms with Gasteiger partial charge in [-0.15, -0.1) is 0 Å². The summed E-state index contributed by atoms with van der Waals surface area (Å²) >= 11 is 0. The molecule has 32 heavy (non-hydrogen) atoms. The average Bonchev–Trinajstić information content (AvgIpc) is 2.79. The van der Waals surface area contributed by atoms with Crippen LogP contribution >= 0.6 is 0 Å². The number of carbonyl (C=O) groups excluding carboxylic acids is 2. The number of unbranched alkanes of at least 4 members (excludes halogenated alkanes) is 1. The number of ether oxygens (including phenoxy) is 2. The fraction of sp³-hybridized carbons (Fsp3) is 0.333. The number of rotatable bonds is 13. The number of benzene rings is 2. The zero-order valence-electron chi connectivity index (χ0n) is 18.5. The Bertz CT molecular complexity index is 852. The standard InChI is InChI=1S/C24H30N4O4/c1-3-31-21-13-7-5-11-19(21)17-25-27-23(29)15-9-10-16-24(30)28-26-18-20-12-6-8-14-22(20)32-4-2/h5-8,11-14,17-18H,3-4,9-10,15-16H2,1-2H3,(H,27,29)(H,28,30)/b25-17-,26-18+. The smallest absolute Gasteiger partial charge is 0.240 e. The van der Waals surface area contributed by atoms with Crippen molar-refractivity contribution in [1.82, 2.24) is 10.9 Å². The van der Waals surface area contributed by atoms with Crippen molar-refractivity contribution in [2.45, 2.75) is 39.5 Å². The molecule has 0 radical (unpaired) electrons. The summed E-state index contributed by atoms with van der Waals surface area (Å²) in [6.45, 7) is 4.92. The molecule has 0 unspecified atom stereocenters. The minimum absolute atomic E-state index is 0.207. The van der Waals surface area contributed by atoms with Crippen LogP contribution in [-0.4, -0.2) is 37.5 Å². The Morgan fingerprint density at radius 1 is 0.750 bits per heavy atom. The number of carbonyl (C=O) groups is 2. The normalized spacial score (nSPS) is 10.9. The number of nitrogens with one attached hydrogen (secondary N) is 2. The van der Waals surface area contributed by atoms with Crippen molar-refractivity contribution in [3.63, 3.8) is 0 Å². The second kappa shape index (κ2) is 14.3. The fourth-order valence-electron chi connectivity index (χ4n) is 2.78. The first-order valence-corrected chi connectivity index (χ1v) is 10.7. The van der Waals surface area contributed by atoms with E-state index in [0.29, 0.717) is 37.6 Å². The maximum Gasteiger partial charge on any atom is 0.240 e. The van der Waals surface area contributed by atoms with Crippen LogP contribution in [0.2, 0.25) is 0 Å². The summed E-state index contributed by atoms with van der Waals surface area (Å²) in [4.78, 5) is 23.8. The van der Waals surface area contributed by atoms with Crippen molar-refractivity contribution in [2.24, 2.45) is 10.2 Å². The van der Waals surface area contributed by atoms with E-state index in [-0.39, 0.29) is 24.7 Å². The third kappa shape index (κ3) is 8.99. The van der Waals surface area contributed by atoms with E-state index in [9.17, 15) is 9.59 Å². The lowest BCUT2D eigenvalue weighted by Gasteiger charge is -2.06. The molecule has 0 fully saturated rings. The summed E-state index contributed by atoms with van der Waals surface area (Å²) < 4.78 is 11.0. The largest absolute Gasteiger partial charge is 0.493 e. The molecule has 0 bridgehead atoms. The molecule has 0 spiro atoms. The predicted octanol–water partition coefficient (Wildman–Crippen LogP) is 3.64. The third-order valence-electron chi connectivity index (χ3n) is 4.28. The van der Waals surface area contributed by atoms with E-state index in [1.807, 2.05) is 62.4 Å². The summed E-state index contributed by atoms with van der Waals surface area (Å²) in [6.07, 6.45) is 4.81. The van der Waals surface area contributed by atoms with Gasteiger partial charge in [-0.25, -0.2) is 10.9 Å². The monoisotopic (exact) mass is 438 g/mol. The van der Waals surface area contributed by atoms with Crippen molar-refractivity contribution < 1.29 is 19.1 Å². The van der Waals surface area contributed by atoms with Crippen LogP contribution in [0, 0.1) is 0 Å². The van der Waals surface area contributed by atoms with Crippen LogP contribution in [0.4, 0.5) is 0 Å². The summed E-state index contributed by atoms with van der Waals surface area (Å²) in [5.41, 5.74) is 6.57. The highest BCUT2D eigenvalue weighted by atomic mass is 16.5. The van der Waals surface area contributed by atoms with Crippen molar-refractivity contribution in [2.75, 3.05) is 13.2 Å². The van der Waals surface area contributed by atoms with Crippen LogP contribution < -0.4 is 20.3 Å². The minimum atomic E-state index is -0.207. The maximum absolute atomic E-state index is 11.9. The summed E-state index contributed by atoms with van der Waals surface area (Å²) in [7, 11) is 0. The molecular formula is C24H30N4O4. The molecule has 0 aliphatic rings. The molecule has 2 rings (SSSR count). The van der Waals surface area contributed by atoms with E-state index in [1.54, 1.807) is 12.4 Å². The Hall–Kier alpha value is -3.68. The van der Waals surface area contributed by atoms with Gasteiger partial charge in [0.1, 0.15) is 11.5 Å². The Morgan fingerprint density at radius 2 is 1.16 bits per heavy atom. The van der Waals surface area contributed by atoms with Crippen LogP contribution in [-0.2, 0) is 9.59 Å². The molecule has 2 amide bonds. The molecule has 0 heterocycles. The van der Waals surface area contributed by atoms with E-state index >= 15 is 0 Å². The first kappa shape index (κ1) is 24.6. The number of hydrogen-bond donors (Lipinski definition) is 2. The van der Waals surface area contributed by atoms with Gasteiger partial charge in [0.05, 0.1) is 25.6 Å². The van der Waals surface area contributed by atoms with Gasteiger partial charge in [0, 0.05) is 24.0 Å². The van der Waals surface area contributed by atoms with Crippen molar-refractivity contribution in [3.05, 3.63) is 59.7 Å². The lowest BCUT2D eigenvalue weighted by molar-refractivity contribution is -0.123. The number of hydrogen-bond acceptors (Lipinski definition) is 6. The second-order valence-electron chi connectivity index (χ2n) is 6.74. The average molecular weight is 439 g/mol. The van der Waals surface area contributed by atoms with Crippen LogP contribution in [0.15, 0.2) is 58.7 Å². The zero-order chi connectivity index (χ0) is 23.0. The van der Waals surface area contributed by atoms with Gasteiger partial charge >= 0.3 is 0 Å². The van der Waals surface area contributed by atoms with Gasteiger partial charge in [-0.1, -0.05) is 24.3 Å². The molecule has 0 aliphatic heterocycles. The zero-order valence-corrected chi connectivity index (χ0v) is 18.5. The number of amides is 2. The Balaban J connectivity index is 1.65. The molecule has 2 aromatic carbocycles. The Labute approximate surface area is 188 Å². The van der Waals surface area contributed by atoms with E-state index in [1.165, 1.54) is 0 Å². The quantitative estimate of drug-likeness (QED) is 0.283. The van der Waals surface area contributed by atoms with E-state index in [0.717, 1.165) is 11.1 Å². The third-order valence-corrected chi connectivity index (χ3v) is 4.28. The fourth-order valence-corrected chi connectivity index (χ4v) is 2.78. The van der Waals surface area contributed by atoms with Crippen LogP contribution in [0.25, 0.3) is 0 Å². The molecule has 2 aromatic rings. The number of hydrazone groups is 2. The first-order chi connectivity index (χ1) is 15.6. The molecule has 0 aromatic heterocycles. The van der Waals surface area contributed by atoms with E-state index in [4.69, 9.17) is 9.47 Å². The molecule has 170 valence electrons. The second-order valence-corrected chi connectivity index (χ2v) is 6.74.